The molecule has 22 heavy (non-hydrogen) atoms. The maximum atomic E-state index is 12.8. The first-order chi connectivity index (χ1) is 10.4. The summed E-state index contributed by atoms with van der Waals surface area (Å²) < 4.78 is 32.1. The summed E-state index contributed by atoms with van der Waals surface area (Å²) in [5, 5.41) is 0. The third kappa shape index (κ3) is 3.33. The molecule has 0 aromatic heterocycles. The van der Waals surface area contributed by atoms with Gasteiger partial charge in [0.15, 0.2) is 0 Å². The number of rotatable bonds is 4. The molecule has 0 bridgehead atoms. The highest BCUT2D eigenvalue weighted by atomic mass is 32.2. The van der Waals surface area contributed by atoms with Crippen LogP contribution in [-0.2, 0) is 14.8 Å². The molecule has 5 nitrogen and oxygen atoms in total. The minimum Gasteiger partial charge on any atom is -0.462 e. The highest BCUT2D eigenvalue weighted by Gasteiger charge is 2.35. The van der Waals surface area contributed by atoms with Gasteiger partial charge < -0.3 is 4.74 Å². The van der Waals surface area contributed by atoms with Gasteiger partial charge in [-0.15, -0.1) is 0 Å². The van der Waals surface area contributed by atoms with Gasteiger partial charge in [-0.2, -0.15) is 4.31 Å². The molecule has 0 amide bonds. The van der Waals surface area contributed by atoms with Gasteiger partial charge in [0, 0.05) is 12.1 Å². The molecule has 1 aliphatic rings. The van der Waals surface area contributed by atoms with Crippen molar-refractivity contribution in [3.63, 3.8) is 0 Å². The quantitative estimate of drug-likeness (QED) is 0.799. The summed E-state index contributed by atoms with van der Waals surface area (Å²) in [5.41, 5.74) is 0.362. The van der Waals surface area contributed by atoms with Gasteiger partial charge in [-0.3, -0.25) is 0 Å². The third-order valence-corrected chi connectivity index (χ3v) is 6.20. The second kappa shape index (κ2) is 6.79. The molecule has 6 heteroatoms. The Morgan fingerprint density at radius 1 is 1.18 bits per heavy atom. The smallest absolute Gasteiger partial charge is 0.338 e. The zero-order valence-corrected chi connectivity index (χ0v) is 14.1. The second-order valence-electron chi connectivity index (χ2n) is 5.71. The van der Waals surface area contributed by atoms with Crippen LogP contribution in [0, 0.1) is 0 Å². The number of nitrogens with zero attached hydrogens (tertiary/aromatic N) is 1. The van der Waals surface area contributed by atoms with E-state index in [1.165, 1.54) is 24.3 Å². The lowest BCUT2D eigenvalue weighted by molar-refractivity contribution is 0.0526. The van der Waals surface area contributed by atoms with Crippen LogP contribution in [0.25, 0.3) is 0 Å². The van der Waals surface area contributed by atoms with E-state index in [2.05, 4.69) is 0 Å². The fraction of sp³-hybridized carbons (Fsp3) is 0.562. The molecule has 0 radical (unpaired) electrons. The summed E-state index contributed by atoms with van der Waals surface area (Å²) in [7, 11) is -3.53. The molecular weight excluding hydrogens is 302 g/mol. The van der Waals surface area contributed by atoms with Crippen LogP contribution in [0.3, 0.4) is 0 Å². The summed E-state index contributed by atoms with van der Waals surface area (Å²) in [6.07, 6.45) is 2.81. The Bertz CT molecular complexity index is 614. The van der Waals surface area contributed by atoms with Crippen molar-refractivity contribution < 1.29 is 17.9 Å². The second-order valence-corrected chi connectivity index (χ2v) is 7.55. The number of piperidine rings is 1. The lowest BCUT2D eigenvalue weighted by atomic mass is 10.0. The van der Waals surface area contributed by atoms with Crippen molar-refractivity contribution in [1.29, 1.82) is 0 Å². The summed E-state index contributed by atoms with van der Waals surface area (Å²) in [5.74, 6) is -0.439. The van der Waals surface area contributed by atoms with Crippen LogP contribution in [0.4, 0.5) is 0 Å². The fourth-order valence-electron chi connectivity index (χ4n) is 2.97. The zero-order valence-electron chi connectivity index (χ0n) is 13.3. The number of esters is 1. The van der Waals surface area contributed by atoms with Crippen LogP contribution < -0.4 is 0 Å². The van der Waals surface area contributed by atoms with E-state index in [-0.39, 0.29) is 17.0 Å². The van der Waals surface area contributed by atoms with Crippen molar-refractivity contribution in [1.82, 2.24) is 4.31 Å². The van der Waals surface area contributed by atoms with Crippen molar-refractivity contribution in [2.75, 3.05) is 6.61 Å². The van der Waals surface area contributed by atoms with Crippen molar-refractivity contribution in [3.05, 3.63) is 29.8 Å². The average molecular weight is 325 g/mol. The number of hydrogen-bond donors (Lipinski definition) is 0. The largest absolute Gasteiger partial charge is 0.462 e. The van der Waals surface area contributed by atoms with E-state index < -0.39 is 16.0 Å². The normalized spacial score (nSPS) is 23.2. The van der Waals surface area contributed by atoms with Gasteiger partial charge in [-0.25, -0.2) is 13.2 Å². The van der Waals surface area contributed by atoms with E-state index in [9.17, 15) is 13.2 Å². The van der Waals surface area contributed by atoms with Crippen molar-refractivity contribution in [2.24, 2.45) is 0 Å². The Morgan fingerprint density at radius 2 is 1.73 bits per heavy atom. The topological polar surface area (TPSA) is 63.7 Å². The molecule has 1 aliphatic heterocycles. The Kier molecular flexibility index (Phi) is 5.24. The maximum Gasteiger partial charge on any atom is 0.338 e. The van der Waals surface area contributed by atoms with Crippen LogP contribution in [0.5, 0.6) is 0 Å². The standard InChI is InChI=1S/C16H23NO4S/c1-4-21-16(18)14-8-10-15(11-9-14)22(19,20)17-12(2)6-5-7-13(17)3/h8-13H,4-7H2,1-3H3/t12-,13-/m0/s1. The van der Waals surface area contributed by atoms with Crippen molar-refractivity contribution >= 4 is 16.0 Å². The van der Waals surface area contributed by atoms with Crippen molar-refractivity contribution in [3.8, 4) is 0 Å². The molecule has 0 unspecified atom stereocenters. The number of benzene rings is 1. The molecule has 2 atom stereocenters. The van der Waals surface area contributed by atoms with Crippen LogP contribution in [0.15, 0.2) is 29.2 Å². The number of carbonyl (C=O) groups is 1. The highest BCUT2D eigenvalue weighted by Crippen LogP contribution is 2.29. The predicted octanol–water partition coefficient (Wildman–Crippen LogP) is 2.81. The first-order valence-electron chi connectivity index (χ1n) is 7.68. The molecule has 1 saturated heterocycles. The Balaban J connectivity index is 2.28. The summed E-state index contributed by atoms with van der Waals surface area (Å²) >= 11 is 0. The molecule has 0 N–H and O–H groups in total. The molecule has 1 heterocycles. The molecule has 2 rings (SSSR count). The summed E-state index contributed by atoms with van der Waals surface area (Å²) in [4.78, 5) is 11.9. The van der Waals surface area contributed by atoms with Gasteiger partial charge in [-0.05, 0) is 57.9 Å². The SMILES string of the molecule is CCOC(=O)c1ccc(S(=O)(=O)N2[C@@H](C)CCC[C@@H]2C)cc1. The molecular formula is C16H23NO4S. The Hall–Kier alpha value is -1.40. The van der Waals surface area contributed by atoms with E-state index in [4.69, 9.17) is 4.74 Å². The van der Waals surface area contributed by atoms with Crippen LogP contribution in [0.1, 0.15) is 50.4 Å². The number of sulfonamides is 1. The minimum absolute atomic E-state index is 0.00140. The minimum atomic E-state index is -3.53. The first kappa shape index (κ1) is 17.0. The van der Waals surface area contributed by atoms with Crippen molar-refractivity contribution in [2.45, 2.75) is 57.0 Å². The third-order valence-electron chi connectivity index (χ3n) is 4.05. The van der Waals surface area contributed by atoms with Gasteiger partial charge in [-0.1, -0.05) is 6.42 Å². The molecule has 1 aromatic carbocycles. The Morgan fingerprint density at radius 3 is 2.23 bits per heavy atom. The van der Waals surface area contributed by atoms with Gasteiger partial charge in [0.05, 0.1) is 17.1 Å². The average Bonchev–Trinajstić information content (AvgIpc) is 2.47. The van der Waals surface area contributed by atoms with E-state index in [0.29, 0.717) is 12.2 Å². The molecule has 0 spiro atoms. The van der Waals surface area contributed by atoms with E-state index in [1.807, 2.05) is 13.8 Å². The van der Waals surface area contributed by atoms with E-state index >= 15 is 0 Å². The number of ether oxygens (including phenoxy) is 1. The van der Waals surface area contributed by atoms with Gasteiger partial charge in [0.25, 0.3) is 0 Å². The van der Waals surface area contributed by atoms with Gasteiger partial charge >= 0.3 is 5.97 Å². The molecule has 0 saturated carbocycles. The zero-order chi connectivity index (χ0) is 16.3. The molecule has 122 valence electrons. The van der Waals surface area contributed by atoms with Crippen LogP contribution >= 0.6 is 0 Å². The monoisotopic (exact) mass is 325 g/mol. The fourth-order valence-corrected chi connectivity index (χ4v) is 4.85. The van der Waals surface area contributed by atoms with Crippen LogP contribution in [-0.4, -0.2) is 37.4 Å². The molecule has 1 aromatic rings. The lowest BCUT2D eigenvalue weighted by Crippen LogP contribution is -2.47. The van der Waals surface area contributed by atoms with Gasteiger partial charge in [0.1, 0.15) is 0 Å². The summed E-state index contributed by atoms with van der Waals surface area (Å²) in [6, 6.07) is 5.97. The number of hydrogen-bond acceptors (Lipinski definition) is 4. The molecule has 0 aliphatic carbocycles. The van der Waals surface area contributed by atoms with E-state index in [1.54, 1.807) is 11.2 Å². The van der Waals surface area contributed by atoms with Gasteiger partial charge in [0.2, 0.25) is 10.0 Å². The summed E-state index contributed by atoms with van der Waals surface area (Å²) in [6.45, 7) is 5.91. The lowest BCUT2D eigenvalue weighted by Gasteiger charge is -2.37. The number of carbonyl (C=O) groups excluding carboxylic acids is 1. The molecule has 1 fully saturated rings. The van der Waals surface area contributed by atoms with Crippen LogP contribution in [0.2, 0.25) is 0 Å². The van der Waals surface area contributed by atoms with E-state index in [0.717, 1.165) is 19.3 Å². The Labute approximate surface area is 132 Å². The highest BCUT2D eigenvalue weighted by molar-refractivity contribution is 7.89. The predicted molar refractivity (Wildman–Crippen MR) is 84.2 cm³/mol. The first-order valence-corrected chi connectivity index (χ1v) is 9.12. The maximum absolute atomic E-state index is 12.8.